The molecule has 0 aliphatic carbocycles. The molecule has 0 bridgehead atoms. The van der Waals surface area contributed by atoms with E-state index in [1.54, 1.807) is 0 Å². The number of imidazole rings is 1. The number of halogens is 4. The minimum Gasteiger partial charge on any atom is -0.368 e. The number of aromatic amines is 1. The van der Waals surface area contributed by atoms with Crippen LogP contribution in [0.3, 0.4) is 0 Å². The molecule has 1 aromatic carbocycles. The van der Waals surface area contributed by atoms with Crippen LogP contribution in [0.25, 0.3) is 0 Å². The lowest BCUT2D eigenvalue weighted by Gasteiger charge is -2.13. The molecular formula is C17H16F4N4O2S. The third-order valence-corrected chi connectivity index (χ3v) is 5.04. The van der Waals surface area contributed by atoms with E-state index >= 15 is 0 Å². The van der Waals surface area contributed by atoms with Crippen LogP contribution in [0.5, 0.6) is 0 Å². The summed E-state index contributed by atoms with van der Waals surface area (Å²) >= 11 is 5.17. The summed E-state index contributed by atoms with van der Waals surface area (Å²) in [5, 5.41) is 2.41. The number of nitrogens with zero attached hydrogens (tertiary/aromatic N) is 1. The van der Waals surface area contributed by atoms with Crippen LogP contribution in [0.15, 0.2) is 6.07 Å². The van der Waals surface area contributed by atoms with Gasteiger partial charge in [-0.15, -0.1) is 0 Å². The Morgan fingerprint density at radius 3 is 2.50 bits per heavy atom. The van der Waals surface area contributed by atoms with Crippen LogP contribution in [0.1, 0.15) is 29.8 Å². The van der Waals surface area contributed by atoms with Gasteiger partial charge in [0.25, 0.3) is 0 Å². The summed E-state index contributed by atoms with van der Waals surface area (Å²) in [4.78, 5) is 26.0. The molecule has 0 saturated heterocycles. The molecule has 4 N–H and O–H groups in total. The molecule has 1 aromatic heterocycles. The normalized spacial score (nSPS) is 16.7. The fraction of sp³-hybridized carbons (Fsp3) is 0.353. The second-order valence-electron chi connectivity index (χ2n) is 6.62. The average Bonchev–Trinajstić information content (AvgIpc) is 3.15. The third-order valence-electron chi connectivity index (χ3n) is 4.72. The van der Waals surface area contributed by atoms with Crippen LogP contribution < -0.4 is 11.1 Å². The minimum atomic E-state index is -1.48. The van der Waals surface area contributed by atoms with Gasteiger partial charge in [0.1, 0.15) is 6.04 Å². The first-order valence-electron chi connectivity index (χ1n) is 8.32. The number of hydrogen-bond acceptors (Lipinski definition) is 3. The number of carbonyl (C=O) groups is 2. The van der Waals surface area contributed by atoms with E-state index in [9.17, 15) is 27.2 Å². The number of nitrogens with one attached hydrogen (secondary N) is 2. The van der Waals surface area contributed by atoms with Gasteiger partial charge in [0.15, 0.2) is 28.0 Å². The smallest absolute Gasteiger partial charge is 0.239 e. The highest BCUT2D eigenvalue weighted by Crippen LogP contribution is 2.36. The minimum absolute atomic E-state index is 0.000702. The standard InChI is InChI=1S/C17H16F4N4O2S/c1-6(16(22)27)23-12(26)4-10-11-2-7(5-25(11)17(28)24-10)13-14(20)8(18)3-9(19)15(13)21/h3,6-7H,2,4-5H2,1H3,(H2,22,27)(H,23,26)(H,24,28). The van der Waals surface area contributed by atoms with Crippen molar-refractivity contribution in [2.75, 3.05) is 0 Å². The largest absolute Gasteiger partial charge is 0.368 e. The lowest BCUT2D eigenvalue weighted by Crippen LogP contribution is -2.42. The van der Waals surface area contributed by atoms with Crippen molar-refractivity contribution in [3.63, 3.8) is 0 Å². The molecule has 6 nitrogen and oxygen atoms in total. The summed E-state index contributed by atoms with van der Waals surface area (Å²) in [6.07, 6.45) is -0.156. The first-order valence-corrected chi connectivity index (χ1v) is 8.73. The lowest BCUT2D eigenvalue weighted by atomic mass is 9.94. The SMILES string of the molecule is CC(NC(=O)Cc1[nH]c(=S)n2c1CC(c1c(F)c(F)cc(F)c1F)C2)C(N)=O. The number of amides is 2. The lowest BCUT2D eigenvalue weighted by molar-refractivity contribution is -0.126. The summed E-state index contributed by atoms with van der Waals surface area (Å²) in [6.45, 7) is 1.42. The Balaban J connectivity index is 1.87. The zero-order chi connectivity index (χ0) is 20.7. The summed E-state index contributed by atoms with van der Waals surface area (Å²) in [5.74, 6) is -7.95. The first kappa shape index (κ1) is 20.1. The van der Waals surface area contributed by atoms with Crippen molar-refractivity contribution in [1.82, 2.24) is 14.9 Å². The molecule has 0 spiro atoms. The van der Waals surface area contributed by atoms with E-state index in [0.717, 1.165) is 0 Å². The number of rotatable bonds is 5. The molecule has 2 amide bonds. The van der Waals surface area contributed by atoms with Crippen molar-refractivity contribution in [2.45, 2.75) is 38.3 Å². The fourth-order valence-corrected chi connectivity index (χ4v) is 3.62. The molecule has 150 valence electrons. The first-order chi connectivity index (χ1) is 13.1. The second kappa shape index (κ2) is 7.38. The van der Waals surface area contributed by atoms with E-state index in [1.165, 1.54) is 11.5 Å². The Kier molecular flexibility index (Phi) is 5.28. The van der Waals surface area contributed by atoms with E-state index in [4.69, 9.17) is 18.0 Å². The number of benzene rings is 1. The number of aromatic nitrogens is 2. The maximum atomic E-state index is 14.1. The Morgan fingerprint density at radius 1 is 1.32 bits per heavy atom. The monoisotopic (exact) mass is 416 g/mol. The van der Waals surface area contributed by atoms with E-state index < -0.39 is 52.6 Å². The Morgan fingerprint density at radius 2 is 1.93 bits per heavy atom. The summed E-state index contributed by atoms with van der Waals surface area (Å²) < 4.78 is 57.1. The predicted octanol–water partition coefficient (Wildman–Crippen LogP) is 1.97. The summed E-state index contributed by atoms with van der Waals surface area (Å²) in [5.41, 5.74) is 5.29. The molecule has 0 radical (unpaired) electrons. The van der Waals surface area contributed by atoms with E-state index in [0.29, 0.717) is 11.4 Å². The van der Waals surface area contributed by atoms with Crippen molar-refractivity contribution < 1.29 is 27.2 Å². The highest BCUT2D eigenvalue weighted by atomic mass is 32.1. The molecule has 2 unspecified atom stereocenters. The molecule has 11 heteroatoms. The third kappa shape index (κ3) is 3.53. The van der Waals surface area contributed by atoms with Crippen LogP contribution in [0, 0.1) is 28.0 Å². The highest BCUT2D eigenvalue weighted by molar-refractivity contribution is 7.71. The van der Waals surface area contributed by atoms with Gasteiger partial charge in [-0.1, -0.05) is 0 Å². The van der Waals surface area contributed by atoms with Gasteiger partial charge in [-0.25, -0.2) is 17.6 Å². The zero-order valence-electron chi connectivity index (χ0n) is 14.6. The van der Waals surface area contributed by atoms with Crippen LogP contribution >= 0.6 is 12.2 Å². The maximum absolute atomic E-state index is 14.1. The topological polar surface area (TPSA) is 92.9 Å². The average molecular weight is 416 g/mol. The van der Waals surface area contributed by atoms with Gasteiger partial charge in [0.05, 0.1) is 6.42 Å². The second-order valence-corrected chi connectivity index (χ2v) is 7.00. The summed E-state index contributed by atoms with van der Waals surface area (Å²) in [7, 11) is 0. The van der Waals surface area contributed by atoms with E-state index in [1.807, 2.05) is 0 Å². The Labute approximate surface area is 161 Å². The fourth-order valence-electron chi connectivity index (χ4n) is 3.31. The number of hydrogen-bond donors (Lipinski definition) is 3. The van der Waals surface area contributed by atoms with Crippen LogP contribution in [-0.4, -0.2) is 27.4 Å². The van der Waals surface area contributed by atoms with Crippen molar-refractivity contribution >= 4 is 24.0 Å². The number of H-pyrrole nitrogens is 1. The van der Waals surface area contributed by atoms with Gasteiger partial charge in [-0.2, -0.15) is 0 Å². The van der Waals surface area contributed by atoms with Crippen molar-refractivity contribution in [3.05, 3.63) is 51.1 Å². The molecule has 2 atom stereocenters. The van der Waals surface area contributed by atoms with Gasteiger partial charge in [-0.3, -0.25) is 9.59 Å². The molecular weight excluding hydrogens is 400 g/mol. The number of nitrogens with two attached hydrogens (primary N) is 1. The zero-order valence-corrected chi connectivity index (χ0v) is 15.4. The molecule has 3 rings (SSSR count). The van der Waals surface area contributed by atoms with Crippen molar-refractivity contribution in [3.8, 4) is 0 Å². The quantitative estimate of drug-likeness (QED) is 0.395. The molecule has 2 heterocycles. The van der Waals surface area contributed by atoms with E-state index in [-0.39, 0.29) is 30.2 Å². The van der Waals surface area contributed by atoms with Gasteiger partial charge in [0.2, 0.25) is 11.8 Å². The molecule has 1 aliphatic rings. The predicted molar refractivity (Wildman–Crippen MR) is 92.8 cm³/mol. The molecule has 1 aliphatic heterocycles. The number of carbonyl (C=O) groups excluding carboxylic acids is 2. The summed E-state index contributed by atoms with van der Waals surface area (Å²) in [6, 6.07) is -0.719. The van der Waals surface area contributed by atoms with Crippen molar-refractivity contribution in [2.24, 2.45) is 5.73 Å². The maximum Gasteiger partial charge on any atom is 0.239 e. The highest BCUT2D eigenvalue weighted by Gasteiger charge is 2.33. The van der Waals surface area contributed by atoms with Gasteiger partial charge < -0.3 is 20.6 Å². The molecule has 2 aromatic rings. The van der Waals surface area contributed by atoms with E-state index in [2.05, 4.69) is 10.3 Å². The molecule has 0 fully saturated rings. The van der Waals surface area contributed by atoms with Crippen molar-refractivity contribution in [1.29, 1.82) is 0 Å². The Bertz CT molecular complexity index is 1010. The van der Waals surface area contributed by atoms with Crippen LogP contribution in [0.2, 0.25) is 0 Å². The van der Waals surface area contributed by atoms with Crippen LogP contribution in [-0.2, 0) is 29.0 Å². The molecule has 28 heavy (non-hydrogen) atoms. The number of fused-ring (bicyclic) bond motifs is 1. The number of primary amides is 1. The molecule has 0 saturated carbocycles. The van der Waals surface area contributed by atoms with Gasteiger partial charge in [0, 0.05) is 35.5 Å². The van der Waals surface area contributed by atoms with Gasteiger partial charge >= 0.3 is 0 Å². The van der Waals surface area contributed by atoms with Gasteiger partial charge in [-0.05, 0) is 25.6 Å². The van der Waals surface area contributed by atoms with Crippen LogP contribution in [0.4, 0.5) is 17.6 Å². The Hall–Kier alpha value is -2.69.